The first kappa shape index (κ1) is 15.4. The Hall–Kier alpha value is -2.01. The molecule has 4 N–H and O–H groups in total. The molecule has 112 valence electrons. The van der Waals surface area contributed by atoms with Gasteiger partial charge in [0.2, 0.25) is 0 Å². The molecule has 2 aromatic rings. The average molecular weight is 306 g/mol. The van der Waals surface area contributed by atoms with E-state index in [1.54, 1.807) is 27.7 Å². The van der Waals surface area contributed by atoms with Crippen molar-refractivity contribution >= 4 is 11.8 Å². The van der Waals surface area contributed by atoms with Crippen molar-refractivity contribution in [1.82, 2.24) is 0 Å². The van der Waals surface area contributed by atoms with Gasteiger partial charge in [0.25, 0.3) is 0 Å². The van der Waals surface area contributed by atoms with Crippen molar-refractivity contribution < 1.29 is 20.4 Å². The summed E-state index contributed by atoms with van der Waals surface area (Å²) < 4.78 is 0. The molecular formula is C16H18O4S. The normalized spacial score (nSPS) is 10.9. The Kier molecular flexibility index (Phi) is 3.96. The number of phenolic OH excluding ortho intramolecular Hbond substituents is 4. The van der Waals surface area contributed by atoms with E-state index in [2.05, 4.69) is 0 Å². The van der Waals surface area contributed by atoms with E-state index in [-0.39, 0.29) is 23.0 Å². The van der Waals surface area contributed by atoms with Crippen LogP contribution in [0.15, 0.2) is 21.9 Å². The smallest absolute Gasteiger partial charge is 0.130 e. The Morgan fingerprint density at radius 3 is 1.33 bits per heavy atom. The second-order valence-corrected chi connectivity index (χ2v) is 6.15. The van der Waals surface area contributed by atoms with Gasteiger partial charge in [0.05, 0.1) is 9.79 Å². The van der Waals surface area contributed by atoms with Gasteiger partial charge in [0.15, 0.2) is 0 Å². The molecule has 0 saturated heterocycles. The fourth-order valence-electron chi connectivity index (χ4n) is 2.23. The molecule has 0 aliphatic carbocycles. The molecule has 4 nitrogen and oxygen atoms in total. The van der Waals surface area contributed by atoms with Crippen molar-refractivity contribution in [3.8, 4) is 23.0 Å². The third-order valence-corrected chi connectivity index (χ3v) is 4.95. The third-order valence-electron chi connectivity index (χ3n) is 3.51. The minimum atomic E-state index is 0.0339. The van der Waals surface area contributed by atoms with Crippen LogP contribution < -0.4 is 0 Å². The Morgan fingerprint density at radius 2 is 1.00 bits per heavy atom. The van der Waals surface area contributed by atoms with Gasteiger partial charge in [-0.1, -0.05) is 11.8 Å². The minimum absolute atomic E-state index is 0.0339. The van der Waals surface area contributed by atoms with Gasteiger partial charge in [-0.15, -0.1) is 0 Å². The van der Waals surface area contributed by atoms with E-state index in [1.165, 1.54) is 12.1 Å². The molecule has 0 saturated carbocycles. The number of aromatic hydroxyl groups is 4. The zero-order valence-electron chi connectivity index (χ0n) is 12.4. The molecule has 5 heteroatoms. The standard InChI is InChI=1S/C16H18O4S/c1-7-5-11(17)15(9(3)13(7)19)21-16-10(4)14(20)8(2)6-12(16)18/h5-6,17-20H,1-4H3. The van der Waals surface area contributed by atoms with E-state index in [0.29, 0.717) is 32.0 Å². The predicted molar refractivity (Wildman–Crippen MR) is 82.6 cm³/mol. The summed E-state index contributed by atoms with van der Waals surface area (Å²) in [5.41, 5.74) is 2.25. The third kappa shape index (κ3) is 2.61. The lowest BCUT2D eigenvalue weighted by atomic mass is 10.1. The maximum Gasteiger partial charge on any atom is 0.130 e. The second-order valence-electron chi connectivity index (χ2n) is 5.13. The van der Waals surface area contributed by atoms with Crippen LogP contribution in [0.25, 0.3) is 0 Å². The van der Waals surface area contributed by atoms with Gasteiger partial charge < -0.3 is 20.4 Å². The maximum atomic E-state index is 10.1. The van der Waals surface area contributed by atoms with E-state index < -0.39 is 0 Å². The lowest BCUT2D eigenvalue weighted by Gasteiger charge is -2.15. The van der Waals surface area contributed by atoms with Crippen LogP contribution in [0.3, 0.4) is 0 Å². The van der Waals surface area contributed by atoms with Crippen molar-refractivity contribution in [2.24, 2.45) is 0 Å². The number of hydrogen-bond donors (Lipinski definition) is 4. The van der Waals surface area contributed by atoms with Gasteiger partial charge in [-0.3, -0.25) is 0 Å². The molecule has 21 heavy (non-hydrogen) atoms. The first-order chi connectivity index (χ1) is 9.73. The molecule has 0 atom stereocenters. The van der Waals surface area contributed by atoms with Crippen molar-refractivity contribution in [2.75, 3.05) is 0 Å². The van der Waals surface area contributed by atoms with Crippen molar-refractivity contribution in [3.63, 3.8) is 0 Å². The molecular weight excluding hydrogens is 288 g/mol. The van der Waals surface area contributed by atoms with Crippen LogP contribution in [0.5, 0.6) is 23.0 Å². The maximum absolute atomic E-state index is 10.1. The number of hydrogen-bond acceptors (Lipinski definition) is 5. The Labute approximate surface area is 127 Å². The van der Waals surface area contributed by atoms with Crippen molar-refractivity contribution in [3.05, 3.63) is 34.4 Å². The minimum Gasteiger partial charge on any atom is -0.507 e. The predicted octanol–water partition coefficient (Wildman–Crippen LogP) is 3.89. The first-order valence-corrected chi connectivity index (χ1v) is 7.27. The summed E-state index contributed by atoms with van der Waals surface area (Å²) >= 11 is 1.12. The fourth-order valence-corrected chi connectivity index (χ4v) is 3.26. The zero-order chi connectivity index (χ0) is 15.9. The summed E-state index contributed by atoms with van der Waals surface area (Å²) in [6, 6.07) is 2.95. The Balaban J connectivity index is 2.59. The van der Waals surface area contributed by atoms with Crippen LogP contribution in [-0.2, 0) is 0 Å². The van der Waals surface area contributed by atoms with Gasteiger partial charge in [-0.2, -0.15) is 0 Å². The highest BCUT2D eigenvalue weighted by Crippen LogP contribution is 2.47. The second kappa shape index (κ2) is 5.41. The molecule has 2 rings (SSSR count). The van der Waals surface area contributed by atoms with Gasteiger partial charge >= 0.3 is 0 Å². The summed E-state index contributed by atoms with van der Waals surface area (Å²) in [6.45, 7) is 6.81. The van der Waals surface area contributed by atoms with Gasteiger partial charge in [0.1, 0.15) is 23.0 Å². The molecule has 0 spiro atoms. The number of aryl methyl sites for hydroxylation is 2. The lowest BCUT2D eigenvalue weighted by molar-refractivity contribution is 0.438. The molecule has 0 aromatic heterocycles. The Morgan fingerprint density at radius 1 is 0.667 bits per heavy atom. The SMILES string of the molecule is Cc1cc(O)c(Sc2c(O)cc(C)c(O)c2C)c(C)c1O. The molecule has 0 aliphatic heterocycles. The monoisotopic (exact) mass is 306 g/mol. The summed E-state index contributed by atoms with van der Waals surface area (Å²) in [5.74, 6) is 0.297. The van der Waals surface area contributed by atoms with Crippen LogP contribution >= 0.6 is 11.8 Å². The fraction of sp³-hybridized carbons (Fsp3) is 0.250. The van der Waals surface area contributed by atoms with Gasteiger partial charge in [-0.05, 0) is 51.0 Å². The Bertz CT molecular complexity index is 662. The number of phenols is 4. The van der Waals surface area contributed by atoms with E-state index in [9.17, 15) is 20.4 Å². The van der Waals surface area contributed by atoms with Crippen molar-refractivity contribution in [2.45, 2.75) is 37.5 Å². The van der Waals surface area contributed by atoms with Crippen LogP contribution in [0.4, 0.5) is 0 Å². The number of benzene rings is 2. The van der Waals surface area contributed by atoms with E-state index in [4.69, 9.17) is 0 Å². The molecule has 0 amide bonds. The van der Waals surface area contributed by atoms with Crippen LogP contribution in [0.2, 0.25) is 0 Å². The lowest BCUT2D eigenvalue weighted by Crippen LogP contribution is -1.90. The molecule has 0 radical (unpaired) electrons. The van der Waals surface area contributed by atoms with E-state index >= 15 is 0 Å². The zero-order valence-corrected chi connectivity index (χ0v) is 13.2. The molecule has 0 unspecified atom stereocenters. The van der Waals surface area contributed by atoms with Crippen LogP contribution in [-0.4, -0.2) is 20.4 Å². The molecule has 0 fully saturated rings. The molecule has 0 heterocycles. The van der Waals surface area contributed by atoms with Crippen LogP contribution in [0, 0.1) is 27.7 Å². The first-order valence-electron chi connectivity index (χ1n) is 6.46. The van der Waals surface area contributed by atoms with E-state index in [1.807, 2.05) is 0 Å². The van der Waals surface area contributed by atoms with Gasteiger partial charge in [0, 0.05) is 11.1 Å². The molecule has 0 aliphatic rings. The molecule has 2 aromatic carbocycles. The van der Waals surface area contributed by atoms with Gasteiger partial charge in [-0.25, -0.2) is 0 Å². The van der Waals surface area contributed by atoms with Crippen LogP contribution in [0.1, 0.15) is 22.3 Å². The topological polar surface area (TPSA) is 80.9 Å². The number of rotatable bonds is 2. The highest BCUT2D eigenvalue weighted by Gasteiger charge is 2.18. The summed E-state index contributed by atoms with van der Waals surface area (Å²) in [4.78, 5) is 0.916. The average Bonchev–Trinajstić information content (AvgIpc) is 2.42. The summed E-state index contributed by atoms with van der Waals surface area (Å²) in [6.07, 6.45) is 0. The summed E-state index contributed by atoms with van der Waals surface area (Å²) in [7, 11) is 0. The van der Waals surface area contributed by atoms with E-state index in [0.717, 1.165) is 11.8 Å². The highest BCUT2D eigenvalue weighted by atomic mass is 32.2. The summed E-state index contributed by atoms with van der Waals surface area (Å²) in [5, 5.41) is 40.2. The highest BCUT2D eigenvalue weighted by molar-refractivity contribution is 7.99. The quantitative estimate of drug-likeness (QED) is 0.633. The molecule has 0 bridgehead atoms. The largest absolute Gasteiger partial charge is 0.507 e. The van der Waals surface area contributed by atoms with Crippen molar-refractivity contribution in [1.29, 1.82) is 0 Å².